The van der Waals surface area contributed by atoms with E-state index in [0.29, 0.717) is 0 Å². The maximum atomic E-state index is 13.6. The highest BCUT2D eigenvalue weighted by atomic mass is 35.5. The molecule has 1 aromatic carbocycles. The lowest BCUT2D eigenvalue weighted by atomic mass is 9.96. The minimum absolute atomic E-state index is 0.0844. The Balaban J connectivity index is 3.47. The molecule has 1 aromatic rings. The smallest absolute Gasteiger partial charge is 0.312 e. The predicted octanol–water partition coefficient (Wildman–Crippen LogP) is 2.05. The van der Waals surface area contributed by atoms with Crippen LogP contribution in [-0.2, 0) is 4.79 Å². The summed E-state index contributed by atoms with van der Waals surface area (Å²) in [5.74, 6) is -4.80. The minimum atomic E-state index is -1.43. The number of halogens is 3. The Labute approximate surface area is 95.8 Å². The van der Waals surface area contributed by atoms with Crippen molar-refractivity contribution in [3.8, 4) is 0 Å². The Morgan fingerprint density at radius 3 is 2.56 bits per heavy atom. The average Bonchev–Trinajstić information content (AvgIpc) is 2.21. The van der Waals surface area contributed by atoms with Gasteiger partial charge in [0.1, 0.15) is 11.6 Å². The number of hydrogen-bond acceptors (Lipinski definition) is 2. The molecule has 1 unspecified atom stereocenters. The summed E-state index contributed by atoms with van der Waals surface area (Å²) in [6, 6.07) is 1.10. The van der Waals surface area contributed by atoms with Gasteiger partial charge in [-0.2, -0.15) is 0 Å². The van der Waals surface area contributed by atoms with Crippen molar-refractivity contribution >= 4 is 17.6 Å². The van der Waals surface area contributed by atoms with E-state index < -0.39 is 35.6 Å². The third kappa shape index (κ3) is 2.15. The molecule has 0 aromatic heterocycles. The SMILES string of the molecule is Cc1cc(Cl)c(F)c(C(CN)C(=O)O)c1F. The van der Waals surface area contributed by atoms with Gasteiger partial charge in [0.15, 0.2) is 0 Å². The highest BCUT2D eigenvalue weighted by Gasteiger charge is 2.28. The van der Waals surface area contributed by atoms with Gasteiger partial charge in [-0.05, 0) is 18.6 Å². The number of nitrogens with two attached hydrogens (primary N) is 1. The van der Waals surface area contributed by atoms with Gasteiger partial charge in [-0.15, -0.1) is 0 Å². The van der Waals surface area contributed by atoms with Crippen LogP contribution >= 0.6 is 11.6 Å². The molecule has 0 aliphatic heterocycles. The first-order chi connectivity index (χ1) is 7.40. The van der Waals surface area contributed by atoms with Gasteiger partial charge in [-0.3, -0.25) is 4.79 Å². The van der Waals surface area contributed by atoms with Crippen LogP contribution in [0.15, 0.2) is 6.07 Å². The Bertz CT molecular complexity index is 411. The number of aryl methyl sites for hydroxylation is 1. The summed E-state index contributed by atoms with van der Waals surface area (Å²) in [6.45, 7) is 0.975. The van der Waals surface area contributed by atoms with Crippen molar-refractivity contribution in [3.63, 3.8) is 0 Å². The van der Waals surface area contributed by atoms with E-state index in [-0.39, 0.29) is 10.6 Å². The summed E-state index contributed by atoms with van der Waals surface area (Å²) in [5, 5.41) is 8.49. The molecule has 0 heterocycles. The second-order valence-electron chi connectivity index (χ2n) is 3.34. The van der Waals surface area contributed by atoms with E-state index in [9.17, 15) is 13.6 Å². The van der Waals surface area contributed by atoms with Gasteiger partial charge in [0, 0.05) is 12.1 Å². The lowest BCUT2D eigenvalue weighted by Gasteiger charge is -2.14. The number of rotatable bonds is 3. The molecule has 0 saturated carbocycles. The number of aliphatic carboxylic acids is 1. The van der Waals surface area contributed by atoms with Gasteiger partial charge < -0.3 is 10.8 Å². The largest absolute Gasteiger partial charge is 0.481 e. The van der Waals surface area contributed by atoms with Crippen molar-refractivity contribution in [2.75, 3.05) is 6.54 Å². The van der Waals surface area contributed by atoms with Crippen molar-refractivity contribution in [3.05, 3.63) is 33.9 Å². The minimum Gasteiger partial charge on any atom is -0.481 e. The van der Waals surface area contributed by atoms with Crippen LogP contribution in [0.1, 0.15) is 17.0 Å². The van der Waals surface area contributed by atoms with Crippen LogP contribution in [0.25, 0.3) is 0 Å². The molecule has 0 bridgehead atoms. The van der Waals surface area contributed by atoms with E-state index in [1.54, 1.807) is 0 Å². The predicted molar refractivity (Wildman–Crippen MR) is 55.5 cm³/mol. The van der Waals surface area contributed by atoms with Crippen LogP contribution in [0.2, 0.25) is 5.02 Å². The number of benzene rings is 1. The molecule has 0 fully saturated rings. The molecule has 1 atom stereocenters. The van der Waals surface area contributed by atoms with Crippen molar-refractivity contribution in [1.29, 1.82) is 0 Å². The zero-order chi connectivity index (χ0) is 12.5. The molecule has 1 rings (SSSR count). The van der Waals surface area contributed by atoms with Gasteiger partial charge in [0.25, 0.3) is 0 Å². The van der Waals surface area contributed by atoms with Crippen molar-refractivity contribution < 1.29 is 18.7 Å². The molecular weight excluding hydrogens is 240 g/mol. The summed E-state index contributed by atoms with van der Waals surface area (Å²) in [6.07, 6.45) is 0. The van der Waals surface area contributed by atoms with Gasteiger partial charge in [0.05, 0.1) is 10.9 Å². The zero-order valence-electron chi connectivity index (χ0n) is 8.43. The van der Waals surface area contributed by atoms with Crippen LogP contribution in [0.3, 0.4) is 0 Å². The molecular formula is C10H10ClF2NO2. The molecule has 0 aliphatic carbocycles. The molecule has 3 N–H and O–H groups in total. The standard InChI is InChI=1S/C10H10ClF2NO2/c1-4-2-6(11)9(13)7(8(4)12)5(3-14)10(15)16/h2,5H,3,14H2,1H3,(H,15,16). The van der Waals surface area contributed by atoms with E-state index in [1.807, 2.05) is 0 Å². The fraction of sp³-hybridized carbons (Fsp3) is 0.300. The van der Waals surface area contributed by atoms with Crippen LogP contribution < -0.4 is 5.73 Å². The normalized spacial score (nSPS) is 12.6. The monoisotopic (exact) mass is 249 g/mol. The lowest BCUT2D eigenvalue weighted by Crippen LogP contribution is -2.24. The lowest BCUT2D eigenvalue weighted by molar-refractivity contribution is -0.138. The third-order valence-corrected chi connectivity index (χ3v) is 2.53. The van der Waals surface area contributed by atoms with Crippen molar-refractivity contribution in [2.45, 2.75) is 12.8 Å². The van der Waals surface area contributed by atoms with Crippen LogP contribution in [0.5, 0.6) is 0 Å². The fourth-order valence-electron chi connectivity index (χ4n) is 1.40. The molecule has 0 saturated heterocycles. The summed E-state index contributed by atoms with van der Waals surface area (Å²) < 4.78 is 27.2. The van der Waals surface area contributed by atoms with Gasteiger partial charge >= 0.3 is 5.97 Å². The van der Waals surface area contributed by atoms with Crippen molar-refractivity contribution in [2.24, 2.45) is 5.73 Å². The summed E-state index contributed by atoms with van der Waals surface area (Å²) in [4.78, 5) is 10.8. The van der Waals surface area contributed by atoms with Gasteiger partial charge in [-0.25, -0.2) is 8.78 Å². The van der Waals surface area contributed by atoms with E-state index in [4.69, 9.17) is 22.4 Å². The number of hydrogen-bond donors (Lipinski definition) is 2. The highest BCUT2D eigenvalue weighted by Crippen LogP contribution is 2.29. The summed E-state index contributed by atoms with van der Waals surface area (Å²) in [5.41, 5.74) is 4.69. The fourth-order valence-corrected chi connectivity index (χ4v) is 1.67. The number of carbonyl (C=O) groups is 1. The quantitative estimate of drug-likeness (QED) is 0.806. The van der Waals surface area contributed by atoms with Gasteiger partial charge in [0.2, 0.25) is 0 Å². The highest BCUT2D eigenvalue weighted by molar-refractivity contribution is 6.30. The molecule has 0 radical (unpaired) electrons. The first kappa shape index (κ1) is 12.9. The molecule has 3 nitrogen and oxygen atoms in total. The molecule has 0 amide bonds. The Morgan fingerprint density at radius 2 is 2.12 bits per heavy atom. The number of carboxylic acid groups (broad SMARTS) is 1. The first-order valence-electron chi connectivity index (χ1n) is 4.47. The second kappa shape index (κ2) is 4.76. The average molecular weight is 250 g/mol. The molecule has 88 valence electrons. The molecule has 16 heavy (non-hydrogen) atoms. The molecule has 6 heteroatoms. The van der Waals surface area contributed by atoms with Crippen molar-refractivity contribution in [1.82, 2.24) is 0 Å². The maximum absolute atomic E-state index is 13.6. The first-order valence-corrected chi connectivity index (χ1v) is 4.84. The molecule has 0 spiro atoms. The summed E-state index contributed by atoms with van der Waals surface area (Å²) in [7, 11) is 0. The van der Waals surface area contributed by atoms with E-state index >= 15 is 0 Å². The Hall–Kier alpha value is -1.20. The Morgan fingerprint density at radius 1 is 1.56 bits per heavy atom. The van der Waals surface area contributed by atoms with E-state index in [0.717, 1.165) is 6.07 Å². The van der Waals surface area contributed by atoms with E-state index in [1.165, 1.54) is 6.92 Å². The maximum Gasteiger partial charge on any atom is 0.312 e. The summed E-state index contributed by atoms with van der Waals surface area (Å²) >= 11 is 5.52. The van der Waals surface area contributed by atoms with Crippen LogP contribution in [0.4, 0.5) is 8.78 Å². The van der Waals surface area contributed by atoms with Gasteiger partial charge in [-0.1, -0.05) is 11.6 Å². The Kier molecular flexibility index (Phi) is 3.83. The number of carboxylic acids is 1. The molecule has 0 aliphatic rings. The van der Waals surface area contributed by atoms with Crippen LogP contribution in [0, 0.1) is 18.6 Å². The topological polar surface area (TPSA) is 63.3 Å². The third-order valence-electron chi connectivity index (χ3n) is 2.25. The second-order valence-corrected chi connectivity index (χ2v) is 3.75. The zero-order valence-corrected chi connectivity index (χ0v) is 9.18. The van der Waals surface area contributed by atoms with Crippen LogP contribution in [-0.4, -0.2) is 17.6 Å². The van der Waals surface area contributed by atoms with E-state index in [2.05, 4.69) is 0 Å².